The predicted molar refractivity (Wildman–Crippen MR) is 94.9 cm³/mol. The Morgan fingerprint density at radius 3 is 2.36 bits per heavy atom. The van der Waals surface area contributed by atoms with E-state index in [1.165, 1.54) is 24.3 Å². The number of nitro benzene ring substituents is 1. The Bertz CT molecular complexity index is 814. The van der Waals surface area contributed by atoms with E-state index in [9.17, 15) is 29.3 Å². The maximum atomic E-state index is 12.3. The molecule has 0 unspecified atom stereocenters. The van der Waals surface area contributed by atoms with Crippen LogP contribution in [0.3, 0.4) is 0 Å². The van der Waals surface area contributed by atoms with Crippen molar-refractivity contribution >= 4 is 35.1 Å². The molecule has 1 aliphatic carbocycles. The zero-order chi connectivity index (χ0) is 20.3. The summed E-state index contributed by atoms with van der Waals surface area (Å²) in [5.41, 5.74) is -0.319. The molecule has 1 N–H and O–H groups in total. The molecule has 2 atom stereocenters. The maximum Gasteiger partial charge on any atom is 0.326 e. The molecule has 1 aromatic carbocycles. The van der Waals surface area contributed by atoms with Gasteiger partial charge in [0.15, 0.2) is 6.61 Å². The molecule has 0 aromatic heterocycles. The molecule has 0 radical (unpaired) electrons. The third-order valence-electron chi connectivity index (χ3n) is 4.96. The maximum absolute atomic E-state index is 12.3. The summed E-state index contributed by atoms with van der Waals surface area (Å²) in [5.74, 6) is -3.12. The van der Waals surface area contributed by atoms with Gasteiger partial charge in [0.25, 0.3) is 11.6 Å². The number of anilines is 1. The van der Waals surface area contributed by atoms with Crippen molar-refractivity contribution in [2.75, 3.05) is 18.5 Å². The van der Waals surface area contributed by atoms with Crippen molar-refractivity contribution in [1.29, 1.82) is 0 Å². The first-order chi connectivity index (χ1) is 13.4. The molecule has 10 heteroatoms. The number of carbonyl (C=O) groups is 4. The first kappa shape index (κ1) is 19.5. The van der Waals surface area contributed by atoms with E-state index in [0.717, 1.165) is 17.7 Å². The Morgan fingerprint density at radius 1 is 1.14 bits per heavy atom. The quantitative estimate of drug-likeness (QED) is 0.335. The van der Waals surface area contributed by atoms with Crippen LogP contribution in [-0.4, -0.2) is 46.7 Å². The molecule has 0 bridgehead atoms. The van der Waals surface area contributed by atoms with E-state index in [1.807, 2.05) is 0 Å². The summed E-state index contributed by atoms with van der Waals surface area (Å²) < 4.78 is 4.82. The molecule has 1 heterocycles. The molecular formula is C18H19N3O7. The first-order valence-corrected chi connectivity index (χ1v) is 8.92. The lowest BCUT2D eigenvalue weighted by Gasteiger charge is -2.19. The predicted octanol–water partition coefficient (Wildman–Crippen LogP) is 1.25. The number of carbonyl (C=O) groups excluding carboxylic acids is 4. The van der Waals surface area contributed by atoms with Crippen LogP contribution >= 0.6 is 0 Å². The van der Waals surface area contributed by atoms with E-state index in [4.69, 9.17) is 4.74 Å². The highest BCUT2D eigenvalue weighted by Gasteiger charge is 2.48. The third-order valence-corrected chi connectivity index (χ3v) is 4.96. The zero-order valence-corrected chi connectivity index (χ0v) is 15.0. The Hall–Kier alpha value is -3.30. The molecule has 1 aliphatic heterocycles. The topological polar surface area (TPSA) is 136 Å². The molecule has 28 heavy (non-hydrogen) atoms. The Kier molecular flexibility index (Phi) is 5.67. The number of likely N-dealkylation sites (tertiary alicyclic amines) is 1. The fraction of sp³-hybridized carbons (Fsp3) is 0.444. The first-order valence-electron chi connectivity index (χ1n) is 8.92. The summed E-state index contributed by atoms with van der Waals surface area (Å²) in [7, 11) is 0. The molecule has 3 amide bonds. The largest absolute Gasteiger partial charge is 0.454 e. The molecule has 10 nitrogen and oxygen atoms in total. The summed E-state index contributed by atoms with van der Waals surface area (Å²) in [4.78, 5) is 59.7. The van der Waals surface area contributed by atoms with Gasteiger partial charge in [0.2, 0.25) is 11.8 Å². The van der Waals surface area contributed by atoms with Gasteiger partial charge in [0, 0.05) is 6.07 Å². The monoisotopic (exact) mass is 389 g/mol. The Morgan fingerprint density at radius 2 is 1.75 bits per heavy atom. The van der Waals surface area contributed by atoms with Gasteiger partial charge in [-0.15, -0.1) is 0 Å². The molecule has 2 fully saturated rings. The van der Waals surface area contributed by atoms with E-state index in [0.29, 0.717) is 12.8 Å². The van der Waals surface area contributed by atoms with Gasteiger partial charge in [-0.05, 0) is 18.9 Å². The van der Waals surface area contributed by atoms with Crippen LogP contribution in [0.1, 0.15) is 25.7 Å². The zero-order valence-electron chi connectivity index (χ0n) is 15.0. The second kappa shape index (κ2) is 8.15. The standard InChI is InChI=1S/C18H19N3O7/c22-15(19-13-7-3-4-8-14(13)21(26)27)10-28-16(23)9-20-17(24)11-5-1-2-6-12(11)18(20)25/h3-4,7-8,11-12H,1-2,5-6,9-10H2,(H,19,22)/t11-,12-/m1/s1. The number of nitrogens with zero attached hydrogens (tertiary/aromatic N) is 2. The number of benzene rings is 1. The van der Waals surface area contributed by atoms with Crippen LogP contribution in [0.25, 0.3) is 0 Å². The third kappa shape index (κ3) is 4.00. The number of hydrogen-bond donors (Lipinski definition) is 1. The highest BCUT2D eigenvalue weighted by atomic mass is 16.6. The smallest absolute Gasteiger partial charge is 0.326 e. The molecule has 148 valence electrons. The average molecular weight is 389 g/mol. The van der Waals surface area contributed by atoms with E-state index in [1.54, 1.807) is 0 Å². The van der Waals surface area contributed by atoms with Crippen LogP contribution in [0.15, 0.2) is 24.3 Å². The number of nitrogens with one attached hydrogen (secondary N) is 1. The molecule has 1 saturated heterocycles. The van der Waals surface area contributed by atoms with E-state index < -0.39 is 30.0 Å². The lowest BCUT2D eigenvalue weighted by molar-refractivity contribution is -0.383. The minimum atomic E-state index is -0.891. The fourth-order valence-electron chi connectivity index (χ4n) is 3.63. The Labute approximate surface area is 160 Å². The molecule has 1 aromatic rings. The minimum Gasteiger partial charge on any atom is -0.454 e. The van der Waals surface area contributed by atoms with Crippen molar-refractivity contribution in [3.63, 3.8) is 0 Å². The minimum absolute atomic E-state index is 0.0254. The van der Waals surface area contributed by atoms with E-state index in [-0.39, 0.29) is 35.0 Å². The SMILES string of the molecule is O=C(COC(=O)CN1C(=O)[C@@H]2CCCC[C@H]2C1=O)Nc1ccccc1[N+](=O)[O-]. The van der Waals surface area contributed by atoms with Gasteiger partial charge in [-0.2, -0.15) is 0 Å². The van der Waals surface area contributed by atoms with Crippen LogP contribution in [0.4, 0.5) is 11.4 Å². The van der Waals surface area contributed by atoms with Crippen LogP contribution in [0, 0.1) is 22.0 Å². The number of esters is 1. The lowest BCUT2D eigenvalue weighted by atomic mass is 9.81. The number of rotatable bonds is 6. The number of hydrogen-bond acceptors (Lipinski definition) is 7. The molecule has 0 spiro atoms. The lowest BCUT2D eigenvalue weighted by Crippen LogP contribution is -2.37. The van der Waals surface area contributed by atoms with Gasteiger partial charge in [0.05, 0.1) is 16.8 Å². The molecule has 1 saturated carbocycles. The van der Waals surface area contributed by atoms with Crippen molar-refractivity contribution in [2.45, 2.75) is 25.7 Å². The van der Waals surface area contributed by atoms with E-state index >= 15 is 0 Å². The fourth-order valence-corrected chi connectivity index (χ4v) is 3.63. The summed E-state index contributed by atoms with van der Waals surface area (Å²) >= 11 is 0. The number of nitro groups is 1. The number of para-hydroxylation sites is 2. The summed E-state index contributed by atoms with van der Waals surface area (Å²) in [6, 6.07) is 5.54. The molecular weight excluding hydrogens is 370 g/mol. The number of imide groups is 1. The van der Waals surface area contributed by atoms with Crippen LogP contribution in [0.2, 0.25) is 0 Å². The highest BCUT2D eigenvalue weighted by molar-refractivity contribution is 6.07. The van der Waals surface area contributed by atoms with E-state index in [2.05, 4.69) is 5.32 Å². The highest BCUT2D eigenvalue weighted by Crippen LogP contribution is 2.37. The van der Waals surface area contributed by atoms with Gasteiger partial charge in [-0.1, -0.05) is 25.0 Å². The van der Waals surface area contributed by atoms with Gasteiger partial charge >= 0.3 is 5.97 Å². The number of fused-ring (bicyclic) bond motifs is 1. The summed E-state index contributed by atoms with van der Waals surface area (Å²) in [6.07, 6.45) is 3.03. The molecule has 2 aliphatic rings. The van der Waals surface area contributed by atoms with Crippen molar-refractivity contribution < 1.29 is 28.8 Å². The summed E-state index contributed by atoms with van der Waals surface area (Å²) in [5, 5.41) is 13.2. The normalized spacial score (nSPS) is 21.2. The second-order valence-corrected chi connectivity index (χ2v) is 6.74. The number of amides is 3. The molecule has 3 rings (SSSR count). The average Bonchev–Trinajstić information content (AvgIpc) is 2.92. The van der Waals surface area contributed by atoms with Crippen molar-refractivity contribution in [2.24, 2.45) is 11.8 Å². The number of ether oxygens (including phenoxy) is 1. The van der Waals surface area contributed by atoms with Crippen LogP contribution in [0.5, 0.6) is 0 Å². The van der Waals surface area contributed by atoms with Crippen LogP contribution in [-0.2, 0) is 23.9 Å². The van der Waals surface area contributed by atoms with Crippen molar-refractivity contribution in [3.05, 3.63) is 34.4 Å². The van der Waals surface area contributed by atoms with Crippen molar-refractivity contribution in [1.82, 2.24) is 4.90 Å². The van der Waals surface area contributed by atoms with Gasteiger partial charge in [0.1, 0.15) is 12.2 Å². The second-order valence-electron chi connectivity index (χ2n) is 6.74. The Balaban J connectivity index is 1.52. The van der Waals surface area contributed by atoms with Gasteiger partial charge < -0.3 is 10.1 Å². The van der Waals surface area contributed by atoms with Crippen LogP contribution < -0.4 is 5.32 Å². The summed E-state index contributed by atoms with van der Waals surface area (Å²) in [6.45, 7) is -1.22. The van der Waals surface area contributed by atoms with Gasteiger partial charge in [-0.3, -0.25) is 34.2 Å². The van der Waals surface area contributed by atoms with Crippen molar-refractivity contribution in [3.8, 4) is 0 Å². The van der Waals surface area contributed by atoms with Gasteiger partial charge in [-0.25, -0.2) is 0 Å².